The van der Waals surface area contributed by atoms with Crippen molar-refractivity contribution in [2.45, 2.75) is 20.0 Å². The van der Waals surface area contributed by atoms with Crippen molar-refractivity contribution < 1.29 is 9.53 Å². The second kappa shape index (κ2) is 7.25. The summed E-state index contributed by atoms with van der Waals surface area (Å²) in [5.41, 5.74) is 3.11. The van der Waals surface area contributed by atoms with Crippen molar-refractivity contribution in [2.24, 2.45) is 0 Å². The molecule has 4 rings (SSSR count). The van der Waals surface area contributed by atoms with E-state index in [9.17, 15) is 4.79 Å². The molecular formula is C21H16N4O2S. The topological polar surface area (TPSA) is 80.8 Å². The van der Waals surface area contributed by atoms with E-state index in [-0.39, 0.29) is 0 Å². The van der Waals surface area contributed by atoms with E-state index in [0.717, 1.165) is 10.6 Å². The number of hydrogen-bond donors (Lipinski definition) is 0. The van der Waals surface area contributed by atoms with E-state index in [1.807, 2.05) is 60.8 Å². The molecule has 0 saturated carbocycles. The Kier molecular flexibility index (Phi) is 4.63. The molecule has 0 bridgehead atoms. The molecule has 0 spiro atoms. The number of fused-ring (bicyclic) bond motifs is 1. The smallest absolute Gasteiger partial charge is 0.340 e. The zero-order chi connectivity index (χ0) is 19.7. The number of thiophene rings is 1. The lowest BCUT2D eigenvalue weighted by atomic mass is 10.1. The largest absolute Gasteiger partial charge is 0.444 e. The van der Waals surface area contributed by atoms with Gasteiger partial charge in [-0.2, -0.15) is 10.4 Å². The molecule has 3 heterocycles. The van der Waals surface area contributed by atoms with Crippen molar-refractivity contribution in [3.05, 3.63) is 65.2 Å². The number of aryl methyl sites for hydroxylation is 1. The zero-order valence-corrected chi connectivity index (χ0v) is 16.1. The summed E-state index contributed by atoms with van der Waals surface area (Å²) in [7, 11) is 0. The number of para-hydroxylation sites is 1. The first-order chi connectivity index (χ1) is 13.6. The highest BCUT2D eigenvalue weighted by Crippen LogP contribution is 2.31. The minimum absolute atomic E-state index is 0.357. The minimum Gasteiger partial charge on any atom is -0.444 e. The highest BCUT2D eigenvalue weighted by Gasteiger charge is 2.23. The van der Waals surface area contributed by atoms with Crippen LogP contribution >= 0.6 is 11.3 Å². The zero-order valence-electron chi connectivity index (χ0n) is 15.3. The van der Waals surface area contributed by atoms with Gasteiger partial charge >= 0.3 is 5.97 Å². The van der Waals surface area contributed by atoms with Gasteiger partial charge in [-0.1, -0.05) is 24.3 Å². The molecule has 0 amide bonds. The van der Waals surface area contributed by atoms with E-state index in [0.29, 0.717) is 28.0 Å². The molecule has 138 valence electrons. The van der Waals surface area contributed by atoms with Crippen LogP contribution in [0.15, 0.2) is 53.9 Å². The Morgan fingerprint density at radius 3 is 2.71 bits per heavy atom. The number of rotatable bonds is 4. The maximum absolute atomic E-state index is 12.8. The van der Waals surface area contributed by atoms with Crippen molar-refractivity contribution in [1.29, 1.82) is 5.26 Å². The molecule has 7 heteroatoms. The number of nitriles is 1. The van der Waals surface area contributed by atoms with Gasteiger partial charge in [-0.05, 0) is 43.5 Å². The van der Waals surface area contributed by atoms with Gasteiger partial charge in [0.2, 0.25) is 0 Å². The summed E-state index contributed by atoms with van der Waals surface area (Å²) in [4.78, 5) is 18.5. The molecule has 3 aromatic heterocycles. The van der Waals surface area contributed by atoms with Crippen LogP contribution in [0.3, 0.4) is 0 Å². The van der Waals surface area contributed by atoms with Crippen LogP contribution in [0.4, 0.5) is 0 Å². The summed E-state index contributed by atoms with van der Waals surface area (Å²) in [6.07, 6.45) is -0.842. The number of esters is 1. The number of ether oxygens (including phenoxy) is 1. The molecule has 0 N–H and O–H groups in total. The SMILES string of the molecule is Cc1nn(-c2ccccc2)c2nc(-c3cccs3)cc(C(=O)O[C@H](C)C#N)c12. The van der Waals surface area contributed by atoms with E-state index in [4.69, 9.17) is 15.0 Å². The van der Waals surface area contributed by atoms with Crippen molar-refractivity contribution in [2.75, 3.05) is 0 Å². The van der Waals surface area contributed by atoms with E-state index in [2.05, 4.69) is 5.10 Å². The molecule has 0 radical (unpaired) electrons. The second-order valence-electron chi connectivity index (χ2n) is 6.24. The third-order valence-corrected chi connectivity index (χ3v) is 5.17. The van der Waals surface area contributed by atoms with Gasteiger partial charge in [-0.25, -0.2) is 14.5 Å². The van der Waals surface area contributed by atoms with Crippen LogP contribution in [0.2, 0.25) is 0 Å². The average molecular weight is 388 g/mol. The van der Waals surface area contributed by atoms with Crippen LogP contribution in [-0.4, -0.2) is 26.8 Å². The molecule has 1 atom stereocenters. The molecule has 0 aliphatic carbocycles. The highest BCUT2D eigenvalue weighted by atomic mass is 32.1. The number of carbonyl (C=O) groups excluding carboxylic acids is 1. The molecule has 6 nitrogen and oxygen atoms in total. The predicted molar refractivity (Wildman–Crippen MR) is 107 cm³/mol. The average Bonchev–Trinajstić information content (AvgIpc) is 3.36. The van der Waals surface area contributed by atoms with Gasteiger partial charge in [0, 0.05) is 0 Å². The first kappa shape index (κ1) is 17.9. The summed E-state index contributed by atoms with van der Waals surface area (Å²) in [6, 6.07) is 17.2. The highest BCUT2D eigenvalue weighted by molar-refractivity contribution is 7.13. The van der Waals surface area contributed by atoms with Gasteiger partial charge in [0.05, 0.1) is 32.9 Å². The van der Waals surface area contributed by atoms with Gasteiger partial charge in [0.1, 0.15) is 6.07 Å². The van der Waals surface area contributed by atoms with Crippen molar-refractivity contribution >= 4 is 28.3 Å². The fraction of sp³-hybridized carbons (Fsp3) is 0.143. The maximum Gasteiger partial charge on any atom is 0.340 e. The lowest BCUT2D eigenvalue weighted by Crippen LogP contribution is -2.14. The summed E-state index contributed by atoms with van der Waals surface area (Å²) in [6.45, 7) is 3.37. The maximum atomic E-state index is 12.8. The Balaban J connectivity index is 1.98. The van der Waals surface area contributed by atoms with E-state index >= 15 is 0 Å². The Morgan fingerprint density at radius 2 is 2.04 bits per heavy atom. The monoisotopic (exact) mass is 388 g/mol. The fourth-order valence-corrected chi connectivity index (χ4v) is 3.69. The summed E-state index contributed by atoms with van der Waals surface area (Å²) < 4.78 is 7.00. The molecule has 0 aliphatic rings. The molecule has 0 saturated heterocycles. The van der Waals surface area contributed by atoms with Crippen LogP contribution in [0.25, 0.3) is 27.3 Å². The summed E-state index contributed by atoms with van der Waals surface area (Å²) in [5.74, 6) is -0.560. The molecule has 0 unspecified atom stereocenters. The van der Waals surface area contributed by atoms with Crippen LogP contribution < -0.4 is 0 Å². The predicted octanol–water partition coefficient (Wildman–Crippen LogP) is 4.53. The lowest BCUT2D eigenvalue weighted by Gasteiger charge is -2.09. The van der Waals surface area contributed by atoms with Crippen LogP contribution in [0.1, 0.15) is 23.0 Å². The van der Waals surface area contributed by atoms with E-state index in [1.165, 1.54) is 18.3 Å². The fourth-order valence-electron chi connectivity index (χ4n) is 3.00. The van der Waals surface area contributed by atoms with Gasteiger partial charge in [0.25, 0.3) is 0 Å². The molecular weight excluding hydrogens is 372 g/mol. The van der Waals surface area contributed by atoms with Crippen LogP contribution in [0, 0.1) is 18.3 Å². The Bertz CT molecular complexity index is 1190. The standard InChI is InChI=1S/C21H16N4O2S/c1-13(12-22)27-21(26)16-11-17(18-9-6-10-28-18)23-20-19(16)14(2)24-25(20)15-7-4-3-5-8-15/h3-11,13H,1-2H3/t13-/m1/s1. The quantitative estimate of drug-likeness (QED) is 0.480. The van der Waals surface area contributed by atoms with Crippen LogP contribution in [-0.2, 0) is 4.74 Å². The van der Waals surface area contributed by atoms with Crippen molar-refractivity contribution in [3.8, 4) is 22.3 Å². The van der Waals surface area contributed by atoms with Gasteiger partial charge in [-0.3, -0.25) is 0 Å². The van der Waals surface area contributed by atoms with Crippen molar-refractivity contribution in [1.82, 2.24) is 14.8 Å². The first-order valence-corrected chi connectivity index (χ1v) is 9.56. The van der Waals surface area contributed by atoms with Gasteiger partial charge < -0.3 is 4.74 Å². The Labute approximate surface area is 165 Å². The normalized spacial score (nSPS) is 11.9. The second-order valence-corrected chi connectivity index (χ2v) is 7.19. The third kappa shape index (κ3) is 3.15. The van der Waals surface area contributed by atoms with Gasteiger partial charge in [0.15, 0.2) is 11.8 Å². The molecule has 4 aromatic rings. The number of nitrogens with zero attached hydrogens (tertiary/aromatic N) is 4. The summed E-state index contributed by atoms with van der Waals surface area (Å²) >= 11 is 1.54. The molecule has 1 aromatic carbocycles. The Morgan fingerprint density at radius 1 is 1.25 bits per heavy atom. The first-order valence-electron chi connectivity index (χ1n) is 8.68. The van der Waals surface area contributed by atoms with E-state index < -0.39 is 12.1 Å². The number of carbonyl (C=O) groups is 1. The number of pyridine rings is 1. The number of aromatic nitrogens is 3. The number of hydrogen-bond acceptors (Lipinski definition) is 6. The third-order valence-electron chi connectivity index (χ3n) is 4.27. The van der Waals surface area contributed by atoms with Crippen molar-refractivity contribution in [3.63, 3.8) is 0 Å². The number of benzene rings is 1. The minimum atomic E-state index is -0.842. The van der Waals surface area contributed by atoms with Crippen LogP contribution in [0.5, 0.6) is 0 Å². The summed E-state index contributed by atoms with van der Waals surface area (Å²) in [5, 5.41) is 16.2. The molecule has 0 aliphatic heterocycles. The Hall–Kier alpha value is -3.50. The lowest BCUT2D eigenvalue weighted by molar-refractivity contribution is 0.0437. The van der Waals surface area contributed by atoms with E-state index in [1.54, 1.807) is 10.7 Å². The molecule has 28 heavy (non-hydrogen) atoms. The van der Waals surface area contributed by atoms with Gasteiger partial charge in [-0.15, -0.1) is 11.3 Å². The molecule has 0 fully saturated rings.